The second-order valence-corrected chi connectivity index (χ2v) is 7.45. The van der Waals surface area contributed by atoms with Gasteiger partial charge in [-0.3, -0.25) is 9.00 Å². The number of hydrogen-bond donors (Lipinski definition) is 0. The van der Waals surface area contributed by atoms with Crippen molar-refractivity contribution in [2.45, 2.75) is 36.2 Å². The fourth-order valence-electron chi connectivity index (χ4n) is 3.31. The first kappa shape index (κ1) is 13.4. The Morgan fingerprint density at radius 2 is 1.95 bits per heavy atom. The van der Waals surface area contributed by atoms with Gasteiger partial charge in [-0.15, -0.1) is 0 Å². The molecule has 0 aromatic heterocycles. The summed E-state index contributed by atoms with van der Waals surface area (Å²) in [4.78, 5) is 12.5. The van der Waals surface area contributed by atoms with Crippen LogP contribution in [0.25, 0.3) is 0 Å². The molecule has 2 fully saturated rings. The van der Waals surface area contributed by atoms with Crippen molar-refractivity contribution in [2.75, 3.05) is 0 Å². The number of carbonyl (C=O) groups is 1. The predicted molar refractivity (Wildman–Crippen MR) is 73.1 cm³/mol. The van der Waals surface area contributed by atoms with Crippen molar-refractivity contribution in [3.8, 4) is 6.07 Å². The van der Waals surface area contributed by atoms with Gasteiger partial charge in [-0.1, -0.05) is 6.07 Å². The Hall–Kier alpha value is -1.54. The highest BCUT2D eigenvalue weighted by molar-refractivity contribution is 7.86. The van der Waals surface area contributed by atoms with Crippen molar-refractivity contribution in [2.24, 2.45) is 5.92 Å². The van der Waals surface area contributed by atoms with Crippen molar-refractivity contribution in [3.63, 3.8) is 0 Å². The second-order valence-electron chi connectivity index (χ2n) is 5.46. The van der Waals surface area contributed by atoms with Crippen LogP contribution in [0, 0.1) is 23.1 Å². The van der Waals surface area contributed by atoms with E-state index >= 15 is 0 Å². The number of carbonyl (C=O) groups excluding carboxylic acids is 1. The minimum absolute atomic E-state index is 0.0989. The maximum Gasteiger partial charge on any atom is 0.167 e. The molecule has 2 atom stereocenters. The number of rotatable bonds is 2. The van der Waals surface area contributed by atoms with E-state index in [4.69, 9.17) is 5.26 Å². The van der Waals surface area contributed by atoms with Crippen LogP contribution < -0.4 is 0 Å². The van der Waals surface area contributed by atoms with Crippen LogP contribution in [0.3, 0.4) is 0 Å². The van der Waals surface area contributed by atoms with E-state index in [0.717, 1.165) is 12.8 Å². The molecule has 2 bridgehead atoms. The van der Waals surface area contributed by atoms with E-state index in [-0.39, 0.29) is 33.3 Å². The lowest BCUT2D eigenvalue weighted by molar-refractivity contribution is 0.0905. The lowest BCUT2D eigenvalue weighted by atomic mass is 9.88. The fraction of sp³-hybridized carbons (Fsp3) is 0.467. The van der Waals surface area contributed by atoms with Crippen LogP contribution in [0.1, 0.15) is 41.6 Å². The quantitative estimate of drug-likeness (QED) is 0.787. The van der Waals surface area contributed by atoms with Gasteiger partial charge in [0.1, 0.15) is 11.9 Å². The number of nitrogens with zero attached hydrogens (tertiary/aromatic N) is 1. The van der Waals surface area contributed by atoms with Gasteiger partial charge >= 0.3 is 0 Å². The molecule has 3 nitrogen and oxygen atoms in total. The molecule has 2 saturated heterocycles. The molecule has 0 N–H and O–H groups in total. The number of fused-ring (bicyclic) bond motifs is 2. The van der Waals surface area contributed by atoms with Gasteiger partial charge in [0, 0.05) is 32.8 Å². The average Bonchev–Trinajstić information content (AvgIpc) is 2.67. The smallest absolute Gasteiger partial charge is 0.167 e. The molecule has 0 spiro atoms. The molecule has 2 aliphatic rings. The van der Waals surface area contributed by atoms with E-state index in [1.165, 1.54) is 18.2 Å². The molecule has 0 radical (unpaired) electrons. The average molecular weight is 291 g/mol. The highest BCUT2D eigenvalue weighted by atomic mass is 32.2. The monoisotopic (exact) mass is 291 g/mol. The van der Waals surface area contributed by atoms with Crippen LogP contribution in [0.2, 0.25) is 0 Å². The zero-order valence-electron chi connectivity index (χ0n) is 10.8. The van der Waals surface area contributed by atoms with E-state index in [1.807, 2.05) is 0 Å². The van der Waals surface area contributed by atoms with E-state index < -0.39 is 16.6 Å². The SMILES string of the molecule is N#Cc1c(F)cccc1C(=O)C1CC2CCC(C1)S2=O. The van der Waals surface area contributed by atoms with E-state index in [0.29, 0.717) is 12.8 Å². The molecular weight excluding hydrogens is 277 g/mol. The third kappa shape index (κ3) is 2.08. The fourth-order valence-corrected chi connectivity index (χ4v) is 5.43. The number of ketones is 1. The Morgan fingerprint density at radius 1 is 1.30 bits per heavy atom. The number of halogens is 1. The molecule has 20 heavy (non-hydrogen) atoms. The number of Topliss-reactive ketones (excluding diaryl/α,β-unsaturated/α-hetero) is 1. The number of nitriles is 1. The van der Waals surface area contributed by atoms with Crippen LogP contribution in [0.15, 0.2) is 18.2 Å². The Bertz CT molecular complexity index is 621. The van der Waals surface area contributed by atoms with Gasteiger partial charge < -0.3 is 0 Å². The summed E-state index contributed by atoms with van der Waals surface area (Å²) in [5.41, 5.74) is 0.00104. The van der Waals surface area contributed by atoms with E-state index in [1.54, 1.807) is 6.07 Å². The maximum atomic E-state index is 13.6. The molecule has 0 aliphatic carbocycles. The summed E-state index contributed by atoms with van der Waals surface area (Å²) in [7, 11) is -0.815. The molecule has 2 unspecified atom stereocenters. The van der Waals surface area contributed by atoms with Crippen molar-refractivity contribution >= 4 is 16.6 Å². The molecule has 2 aliphatic heterocycles. The van der Waals surface area contributed by atoms with Gasteiger partial charge in [-0.05, 0) is 37.8 Å². The number of hydrogen-bond acceptors (Lipinski definition) is 3. The standard InChI is InChI=1S/C15H14FNO2S/c16-14-3-1-2-12(13(14)8-17)15(18)9-6-10-4-5-11(7-9)20(10)19/h1-3,9-11H,4-7H2. The first-order valence-corrected chi connectivity index (χ1v) is 8.01. The van der Waals surface area contributed by atoms with Gasteiger partial charge in [0.25, 0.3) is 0 Å². The molecule has 104 valence electrons. The summed E-state index contributed by atoms with van der Waals surface area (Å²) in [6.07, 6.45) is 3.03. The largest absolute Gasteiger partial charge is 0.294 e. The van der Waals surface area contributed by atoms with E-state index in [9.17, 15) is 13.4 Å². The zero-order chi connectivity index (χ0) is 14.3. The molecule has 2 heterocycles. The molecule has 3 rings (SSSR count). The lowest BCUT2D eigenvalue weighted by Crippen LogP contribution is -2.32. The Labute approximate surface area is 119 Å². The van der Waals surface area contributed by atoms with Crippen molar-refractivity contribution < 1.29 is 13.4 Å². The minimum Gasteiger partial charge on any atom is -0.294 e. The Kier molecular flexibility index (Phi) is 3.43. The van der Waals surface area contributed by atoms with E-state index in [2.05, 4.69) is 0 Å². The van der Waals surface area contributed by atoms with Crippen LogP contribution in [-0.2, 0) is 10.8 Å². The summed E-state index contributed by atoms with van der Waals surface area (Å²) >= 11 is 0. The van der Waals surface area contributed by atoms with Crippen LogP contribution >= 0.6 is 0 Å². The predicted octanol–water partition coefficient (Wildman–Crippen LogP) is 2.57. The lowest BCUT2D eigenvalue weighted by Gasteiger charge is -2.26. The molecule has 5 heteroatoms. The first-order chi connectivity index (χ1) is 9.61. The highest BCUT2D eigenvalue weighted by Gasteiger charge is 2.43. The van der Waals surface area contributed by atoms with Gasteiger partial charge in [0.15, 0.2) is 5.78 Å². The summed E-state index contributed by atoms with van der Waals surface area (Å²) in [6, 6.07) is 5.93. The van der Waals surface area contributed by atoms with Gasteiger partial charge in [-0.25, -0.2) is 4.39 Å². The summed E-state index contributed by atoms with van der Waals surface area (Å²) in [6.45, 7) is 0. The molecular formula is C15H14FNO2S. The van der Waals surface area contributed by atoms with Gasteiger partial charge in [-0.2, -0.15) is 5.26 Å². The molecule has 1 aromatic rings. The molecule has 0 saturated carbocycles. The molecule has 1 aromatic carbocycles. The Balaban J connectivity index is 1.90. The third-order valence-corrected chi connectivity index (χ3v) is 6.49. The topological polar surface area (TPSA) is 57.9 Å². The summed E-state index contributed by atoms with van der Waals surface area (Å²) < 4.78 is 25.5. The van der Waals surface area contributed by atoms with Crippen molar-refractivity contribution in [1.29, 1.82) is 5.26 Å². The summed E-state index contributed by atoms with van der Waals surface area (Å²) in [5, 5.41) is 9.21. The minimum atomic E-state index is -0.815. The van der Waals surface area contributed by atoms with Gasteiger partial charge in [0.05, 0.1) is 5.56 Å². The van der Waals surface area contributed by atoms with Crippen LogP contribution in [-0.4, -0.2) is 20.5 Å². The summed E-state index contributed by atoms with van der Waals surface area (Å²) in [5.74, 6) is -1.05. The zero-order valence-corrected chi connectivity index (χ0v) is 11.7. The van der Waals surface area contributed by atoms with Crippen molar-refractivity contribution in [1.82, 2.24) is 0 Å². The molecule has 0 amide bonds. The Morgan fingerprint density at radius 3 is 2.55 bits per heavy atom. The highest BCUT2D eigenvalue weighted by Crippen LogP contribution is 2.40. The second kappa shape index (κ2) is 5.10. The van der Waals surface area contributed by atoms with Crippen LogP contribution in [0.4, 0.5) is 4.39 Å². The van der Waals surface area contributed by atoms with Crippen molar-refractivity contribution in [3.05, 3.63) is 35.1 Å². The van der Waals surface area contributed by atoms with Gasteiger partial charge in [0.2, 0.25) is 0 Å². The van der Waals surface area contributed by atoms with Crippen LogP contribution in [0.5, 0.6) is 0 Å². The third-order valence-electron chi connectivity index (χ3n) is 4.32. The number of benzene rings is 1. The first-order valence-electron chi connectivity index (χ1n) is 6.74. The maximum absolute atomic E-state index is 13.6. The normalized spacial score (nSPS) is 31.8.